The number of amidine groups is 1. The van der Waals surface area contributed by atoms with E-state index in [2.05, 4.69) is 26.9 Å². The van der Waals surface area contributed by atoms with Gasteiger partial charge < -0.3 is 16.0 Å². The van der Waals surface area contributed by atoms with Gasteiger partial charge in [-0.2, -0.15) is 0 Å². The van der Waals surface area contributed by atoms with Crippen LogP contribution in [0.3, 0.4) is 0 Å². The highest BCUT2D eigenvalue weighted by molar-refractivity contribution is 6.68. The predicted molar refractivity (Wildman–Crippen MR) is 142 cm³/mol. The molecule has 1 aliphatic heterocycles. The molecule has 1 amide bonds. The second-order valence-corrected chi connectivity index (χ2v) is 8.13. The van der Waals surface area contributed by atoms with Gasteiger partial charge in [-0.1, -0.05) is 49.0 Å². The summed E-state index contributed by atoms with van der Waals surface area (Å²) in [6.45, 7) is 7.15. The van der Waals surface area contributed by atoms with Crippen LogP contribution >= 0.6 is 0 Å². The van der Waals surface area contributed by atoms with Crippen LogP contribution in [0.15, 0.2) is 76.2 Å². The first-order valence-electron chi connectivity index (χ1n) is 11.6. The van der Waals surface area contributed by atoms with Crippen molar-refractivity contribution in [3.05, 3.63) is 77.9 Å². The molecule has 0 aliphatic carbocycles. The fourth-order valence-corrected chi connectivity index (χ4v) is 3.78. The SMILES string of the molecule is C=C(N=C(C(=O)CC(=NC)c1ccccc1)C(N)=NC)c1ccc(C(=O)N2CCCNCC2)cc1. The fraction of sp³-hybridized carbons (Fsp3) is 0.296. The quantitative estimate of drug-likeness (QED) is 0.454. The molecular weight excluding hydrogens is 440 g/mol. The van der Waals surface area contributed by atoms with Crippen LogP contribution in [-0.4, -0.2) is 74.1 Å². The van der Waals surface area contributed by atoms with Crippen molar-refractivity contribution in [2.75, 3.05) is 40.3 Å². The lowest BCUT2D eigenvalue weighted by Gasteiger charge is -2.20. The van der Waals surface area contributed by atoms with Gasteiger partial charge in [-0.3, -0.25) is 19.6 Å². The van der Waals surface area contributed by atoms with Crippen LogP contribution in [0.5, 0.6) is 0 Å². The van der Waals surface area contributed by atoms with Gasteiger partial charge in [0.25, 0.3) is 5.91 Å². The summed E-state index contributed by atoms with van der Waals surface area (Å²) in [5.74, 6) is -0.276. The van der Waals surface area contributed by atoms with E-state index in [9.17, 15) is 9.59 Å². The van der Waals surface area contributed by atoms with Gasteiger partial charge in [0.2, 0.25) is 0 Å². The minimum absolute atomic E-state index is 0.000106. The van der Waals surface area contributed by atoms with Gasteiger partial charge >= 0.3 is 0 Å². The number of amides is 1. The molecule has 0 saturated carbocycles. The Labute approximate surface area is 206 Å². The highest BCUT2D eigenvalue weighted by Gasteiger charge is 2.20. The molecule has 2 aromatic carbocycles. The van der Waals surface area contributed by atoms with Crippen LogP contribution in [0, 0.1) is 0 Å². The van der Waals surface area contributed by atoms with Crippen LogP contribution in [-0.2, 0) is 4.79 Å². The Morgan fingerprint density at radius 2 is 1.63 bits per heavy atom. The number of carbonyl (C=O) groups excluding carboxylic acids is 2. The third kappa shape index (κ3) is 6.80. The number of hydrogen-bond acceptors (Lipinski definition) is 6. The molecule has 3 rings (SSSR count). The van der Waals surface area contributed by atoms with Gasteiger partial charge in [-0.15, -0.1) is 0 Å². The van der Waals surface area contributed by atoms with Gasteiger partial charge in [0.15, 0.2) is 5.78 Å². The maximum Gasteiger partial charge on any atom is 0.253 e. The van der Waals surface area contributed by atoms with Crippen molar-refractivity contribution >= 4 is 34.6 Å². The zero-order chi connectivity index (χ0) is 25.2. The normalized spacial score (nSPS) is 15.5. The molecule has 1 saturated heterocycles. The number of Topliss-reactive ketones (excluding diaryl/α,β-unsaturated/α-hetero) is 1. The summed E-state index contributed by atoms with van der Waals surface area (Å²) in [7, 11) is 3.15. The van der Waals surface area contributed by atoms with Crippen LogP contribution in [0.1, 0.15) is 34.3 Å². The van der Waals surface area contributed by atoms with Crippen molar-refractivity contribution in [3.63, 3.8) is 0 Å². The third-order valence-corrected chi connectivity index (χ3v) is 5.79. The number of aliphatic imine (C=N–C) groups is 3. The average Bonchev–Trinajstić information content (AvgIpc) is 3.19. The van der Waals surface area contributed by atoms with Crippen molar-refractivity contribution in [1.29, 1.82) is 0 Å². The second kappa shape index (κ2) is 12.5. The number of nitrogens with zero attached hydrogens (tertiary/aromatic N) is 4. The van der Waals surface area contributed by atoms with E-state index in [1.807, 2.05) is 35.2 Å². The molecule has 0 unspecified atom stereocenters. The smallest absolute Gasteiger partial charge is 0.253 e. The molecule has 1 fully saturated rings. The van der Waals surface area contributed by atoms with Gasteiger partial charge in [0.1, 0.15) is 11.5 Å². The van der Waals surface area contributed by atoms with Crippen LogP contribution < -0.4 is 11.1 Å². The summed E-state index contributed by atoms with van der Waals surface area (Å²) < 4.78 is 0. The molecule has 182 valence electrons. The van der Waals surface area contributed by atoms with Crippen molar-refractivity contribution in [2.24, 2.45) is 20.7 Å². The van der Waals surface area contributed by atoms with E-state index in [1.165, 1.54) is 7.05 Å². The predicted octanol–water partition coefficient (Wildman–Crippen LogP) is 2.60. The lowest BCUT2D eigenvalue weighted by atomic mass is 10.0. The number of carbonyl (C=O) groups is 2. The van der Waals surface area contributed by atoms with Crippen LogP contribution in [0.25, 0.3) is 5.70 Å². The summed E-state index contributed by atoms with van der Waals surface area (Å²) in [4.78, 5) is 40.5. The van der Waals surface area contributed by atoms with Gasteiger partial charge in [0.05, 0.1) is 12.1 Å². The molecule has 1 aliphatic rings. The van der Waals surface area contributed by atoms with E-state index >= 15 is 0 Å². The lowest BCUT2D eigenvalue weighted by Crippen LogP contribution is -2.34. The largest absolute Gasteiger partial charge is 0.382 e. The number of benzene rings is 2. The monoisotopic (exact) mass is 472 g/mol. The second-order valence-electron chi connectivity index (χ2n) is 8.13. The first-order chi connectivity index (χ1) is 16.9. The molecule has 0 aromatic heterocycles. The molecule has 0 radical (unpaired) electrons. The maximum absolute atomic E-state index is 13.1. The Morgan fingerprint density at radius 1 is 0.943 bits per heavy atom. The van der Waals surface area contributed by atoms with Crippen molar-refractivity contribution in [2.45, 2.75) is 12.8 Å². The molecule has 0 spiro atoms. The number of nitrogens with one attached hydrogen (secondary N) is 1. The van der Waals surface area contributed by atoms with E-state index < -0.39 is 0 Å². The average molecular weight is 473 g/mol. The summed E-state index contributed by atoms with van der Waals surface area (Å²) in [5, 5.41) is 3.30. The standard InChI is InChI=1S/C27H32N6O2/c1-19(20-10-12-22(13-11-20)27(35)33-16-7-14-31-15-17-33)32-25(26(28)30-3)24(34)18-23(29-2)21-8-5-4-6-9-21/h4-6,8-13,31H,1,7,14-18H2,2-3H3,(H2,28,30). The topological polar surface area (TPSA) is 113 Å². The fourth-order valence-electron chi connectivity index (χ4n) is 3.78. The summed E-state index contributed by atoms with van der Waals surface area (Å²) in [6.07, 6.45) is 0.961. The Kier molecular flexibility index (Phi) is 9.20. The molecule has 35 heavy (non-hydrogen) atoms. The minimum atomic E-state index is -0.305. The molecule has 3 N–H and O–H groups in total. The molecule has 1 heterocycles. The number of nitrogens with two attached hydrogens (primary N) is 1. The molecule has 0 bridgehead atoms. The van der Waals surface area contributed by atoms with E-state index in [-0.39, 0.29) is 29.7 Å². The summed E-state index contributed by atoms with van der Waals surface area (Å²) >= 11 is 0. The highest BCUT2D eigenvalue weighted by atomic mass is 16.2. The van der Waals surface area contributed by atoms with E-state index in [1.54, 1.807) is 31.3 Å². The molecule has 0 atom stereocenters. The van der Waals surface area contributed by atoms with Crippen LogP contribution in [0.4, 0.5) is 0 Å². The van der Waals surface area contributed by atoms with E-state index in [4.69, 9.17) is 5.73 Å². The van der Waals surface area contributed by atoms with Crippen molar-refractivity contribution in [1.82, 2.24) is 10.2 Å². The first-order valence-corrected chi connectivity index (χ1v) is 11.6. The zero-order valence-corrected chi connectivity index (χ0v) is 20.3. The Bertz CT molecular complexity index is 1140. The van der Waals surface area contributed by atoms with Gasteiger partial charge in [0, 0.05) is 45.0 Å². The molecule has 8 nitrogen and oxygen atoms in total. The maximum atomic E-state index is 13.1. The Balaban J connectivity index is 1.78. The van der Waals surface area contributed by atoms with Gasteiger partial charge in [-0.05, 0) is 36.2 Å². The number of hydrogen-bond donors (Lipinski definition) is 2. The van der Waals surface area contributed by atoms with Gasteiger partial charge in [-0.25, -0.2) is 4.99 Å². The Morgan fingerprint density at radius 3 is 2.29 bits per heavy atom. The first kappa shape index (κ1) is 25.7. The van der Waals surface area contributed by atoms with E-state index in [0.29, 0.717) is 29.1 Å². The lowest BCUT2D eigenvalue weighted by molar-refractivity contribution is -0.111. The minimum Gasteiger partial charge on any atom is -0.382 e. The van der Waals surface area contributed by atoms with Crippen molar-refractivity contribution < 1.29 is 9.59 Å². The van der Waals surface area contributed by atoms with E-state index in [0.717, 1.165) is 31.6 Å². The zero-order valence-electron chi connectivity index (χ0n) is 20.3. The van der Waals surface area contributed by atoms with Crippen LogP contribution in [0.2, 0.25) is 0 Å². The Hall–Kier alpha value is -3.91. The van der Waals surface area contributed by atoms with Crippen molar-refractivity contribution in [3.8, 4) is 0 Å². The molecule has 8 heteroatoms. The molecular formula is C27H32N6O2. The highest BCUT2D eigenvalue weighted by Crippen LogP contribution is 2.17. The third-order valence-electron chi connectivity index (χ3n) is 5.79. The number of ketones is 1. The summed E-state index contributed by atoms with van der Waals surface area (Å²) in [5.41, 5.74) is 9.18. The molecule has 2 aromatic rings. The summed E-state index contributed by atoms with van der Waals surface area (Å²) in [6, 6.07) is 16.5. The number of rotatable bonds is 8.